The molecule has 0 aliphatic carbocycles. The van der Waals surface area contributed by atoms with Gasteiger partial charge in [0.25, 0.3) is 0 Å². The van der Waals surface area contributed by atoms with Crippen LogP contribution in [0.3, 0.4) is 0 Å². The molecule has 3 heterocycles. The van der Waals surface area contributed by atoms with Crippen LogP contribution in [0.15, 0.2) is 59.2 Å². The first-order valence-electron chi connectivity index (χ1n) is 9.43. The highest BCUT2D eigenvalue weighted by Gasteiger charge is 2.22. The van der Waals surface area contributed by atoms with E-state index in [-0.39, 0.29) is 0 Å². The first kappa shape index (κ1) is 17.8. The summed E-state index contributed by atoms with van der Waals surface area (Å²) in [5.41, 5.74) is 4.99. The second-order valence-corrected chi connectivity index (χ2v) is 8.42. The minimum absolute atomic E-state index is 0.457. The molecule has 142 valence electrons. The third-order valence-corrected chi connectivity index (χ3v) is 6.03. The van der Waals surface area contributed by atoms with Crippen molar-refractivity contribution in [2.24, 2.45) is 0 Å². The molecule has 4 aromatic rings. The van der Waals surface area contributed by atoms with E-state index in [0.29, 0.717) is 6.61 Å². The van der Waals surface area contributed by atoms with Gasteiger partial charge in [-0.05, 0) is 61.2 Å². The number of nitrogens with zero attached hydrogens (tertiary/aromatic N) is 3. The van der Waals surface area contributed by atoms with Crippen LogP contribution >= 0.6 is 27.5 Å². The fourth-order valence-electron chi connectivity index (χ4n) is 3.90. The zero-order valence-electron chi connectivity index (χ0n) is 15.2. The van der Waals surface area contributed by atoms with Crippen LogP contribution in [0.25, 0.3) is 16.8 Å². The number of hydrogen-bond donors (Lipinski definition) is 0. The number of aromatic nitrogens is 3. The standard InChI is InChI=1S/C22H19BrClN3O/c23-16-6-10-18(11-7-16)28-14-21-25-27-13-20(15-4-8-17(24)9-5-15)19-3-1-2-12-26(21)22(19)27/h4-11,13H,1-3,12,14H2. The molecule has 0 saturated heterocycles. The molecular weight excluding hydrogens is 438 g/mol. The quantitative estimate of drug-likeness (QED) is 0.370. The molecule has 0 unspecified atom stereocenters. The monoisotopic (exact) mass is 455 g/mol. The third-order valence-electron chi connectivity index (χ3n) is 5.25. The lowest BCUT2D eigenvalue weighted by Gasteiger charge is -2.08. The van der Waals surface area contributed by atoms with Gasteiger partial charge in [0.2, 0.25) is 0 Å². The second kappa shape index (κ2) is 7.30. The van der Waals surface area contributed by atoms with Gasteiger partial charge in [-0.3, -0.25) is 0 Å². The average molecular weight is 457 g/mol. The van der Waals surface area contributed by atoms with Crippen molar-refractivity contribution in [3.8, 4) is 16.9 Å². The van der Waals surface area contributed by atoms with E-state index in [1.807, 2.05) is 40.9 Å². The first-order valence-corrected chi connectivity index (χ1v) is 10.6. The van der Waals surface area contributed by atoms with Crippen molar-refractivity contribution < 1.29 is 4.74 Å². The third kappa shape index (κ3) is 3.23. The Kier molecular flexibility index (Phi) is 4.65. The maximum atomic E-state index is 6.07. The van der Waals surface area contributed by atoms with Crippen molar-refractivity contribution in [1.82, 2.24) is 14.2 Å². The molecule has 0 atom stereocenters. The molecule has 0 radical (unpaired) electrons. The molecule has 0 saturated carbocycles. The zero-order valence-corrected chi connectivity index (χ0v) is 17.6. The predicted molar refractivity (Wildman–Crippen MR) is 115 cm³/mol. The molecule has 0 amide bonds. The summed E-state index contributed by atoms with van der Waals surface area (Å²) in [5.74, 6) is 1.81. The summed E-state index contributed by atoms with van der Waals surface area (Å²) in [7, 11) is 0. The molecule has 0 N–H and O–H groups in total. The van der Waals surface area contributed by atoms with Gasteiger partial charge in [-0.2, -0.15) is 0 Å². The minimum atomic E-state index is 0.457. The van der Waals surface area contributed by atoms with E-state index in [2.05, 4.69) is 38.8 Å². The molecule has 1 aliphatic heterocycles. The Morgan fingerprint density at radius 2 is 1.82 bits per heavy atom. The Bertz CT molecular complexity index is 1130. The number of hydrogen-bond acceptors (Lipinski definition) is 2. The molecule has 28 heavy (non-hydrogen) atoms. The van der Waals surface area contributed by atoms with E-state index in [4.69, 9.17) is 21.4 Å². The van der Waals surface area contributed by atoms with Crippen LogP contribution in [-0.2, 0) is 19.6 Å². The number of rotatable bonds is 4. The van der Waals surface area contributed by atoms with Crippen LogP contribution < -0.4 is 4.74 Å². The molecule has 2 aromatic carbocycles. The maximum Gasteiger partial charge on any atom is 0.169 e. The number of aryl methyl sites for hydroxylation is 2. The van der Waals surface area contributed by atoms with Crippen molar-refractivity contribution in [3.63, 3.8) is 0 Å². The number of halogens is 2. The average Bonchev–Trinajstić information content (AvgIpc) is 3.12. The van der Waals surface area contributed by atoms with Gasteiger partial charge in [0.05, 0.1) is 0 Å². The minimum Gasteiger partial charge on any atom is -0.486 e. The van der Waals surface area contributed by atoms with Crippen LogP contribution in [0.2, 0.25) is 5.02 Å². The molecule has 2 aromatic heterocycles. The number of ether oxygens (including phenoxy) is 1. The van der Waals surface area contributed by atoms with Gasteiger partial charge in [-0.1, -0.05) is 39.7 Å². The van der Waals surface area contributed by atoms with E-state index in [1.165, 1.54) is 28.8 Å². The van der Waals surface area contributed by atoms with E-state index in [0.717, 1.165) is 40.5 Å². The van der Waals surface area contributed by atoms with Gasteiger partial charge in [0.15, 0.2) is 5.82 Å². The predicted octanol–water partition coefficient (Wildman–Crippen LogP) is 6.13. The van der Waals surface area contributed by atoms with Gasteiger partial charge in [-0.25, -0.2) is 4.52 Å². The van der Waals surface area contributed by atoms with E-state index in [1.54, 1.807) is 0 Å². The Morgan fingerprint density at radius 1 is 1.04 bits per heavy atom. The van der Waals surface area contributed by atoms with Crippen molar-refractivity contribution in [1.29, 1.82) is 0 Å². The van der Waals surface area contributed by atoms with Crippen LogP contribution in [0, 0.1) is 0 Å². The van der Waals surface area contributed by atoms with E-state index >= 15 is 0 Å². The second-order valence-electron chi connectivity index (χ2n) is 7.06. The Balaban J connectivity index is 1.52. The van der Waals surface area contributed by atoms with Crippen molar-refractivity contribution in [2.45, 2.75) is 32.4 Å². The lowest BCUT2D eigenvalue weighted by Crippen LogP contribution is -2.07. The first-order chi connectivity index (χ1) is 13.7. The summed E-state index contributed by atoms with van der Waals surface area (Å²) in [4.78, 5) is 0. The topological polar surface area (TPSA) is 31.5 Å². The SMILES string of the molecule is Clc1ccc(-c2cn3nc(COc4ccc(Br)cc4)n4c3c2CCCC4)cc1. The zero-order chi connectivity index (χ0) is 19.1. The molecule has 6 heteroatoms. The van der Waals surface area contributed by atoms with Gasteiger partial charge in [0, 0.05) is 33.4 Å². The van der Waals surface area contributed by atoms with Crippen molar-refractivity contribution in [2.75, 3.05) is 0 Å². The van der Waals surface area contributed by atoms with Gasteiger partial charge >= 0.3 is 0 Å². The lowest BCUT2D eigenvalue weighted by atomic mass is 10.0. The molecular formula is C22H19BrClN3O. The summed E-state index contributed by atoms with van der Waals surface area (Å²) in [5, 5.41) is 5.60. The molecule has 0 bridgehead atoms. The summed E-state index contributed by atoms with van der Waals surface area (Å²) in [6, 6.07) is 16.0. The van der Waals surface area contributed by atoms with Crippen LogP contribution in [-0.4, -0.2) is 14.2 Å². The van der Waals surface area contributed by atoms with Gasteiger partial charge in [-0.15, -0.1) is 5.10 Å². The largest absolute Gasteiger partial charge is 0.486 e. The highest BCUT2D eigenvalue weighted by atomic mass is 79.9. The summed E-state index contributed by atoms with van der Waals surface area (Å²) in [6.07, 6.45) is 5.52. The van der Waals surface area contributed by atoms with E-state index < -0.39 is 0 Å². The normalized spacial score (nSPS) is 13.6. The van der Waals surface area contributed by atoms with Crippen LogP contribution in [0.5, 0.6) is 5.75 Å². The molecule has 0 spiro atoms. The molecule has 1 aliphatic rings. The summed E-state index contributed by atoms with van der Waals surface area (Å²) < 4.78 is 11.4. The number of benzene rings is 2. The summed E-state index contributed by atoms with van der Waals surface area (Å²) in [6.45, 7) is 1.43. The summed E-state index contributed by atoms with van der Waals surface area (Å²) >= 11 is 9.52. The molecule has 0 fully saturated rings. The van der Waals surface area contributed by atoms with E-state index in [9.17, 15) is 0 Å². The molecule has 4 nitrogen and oxygen atoms in total. The Morgan fingerprint density at radius 3 is 2.61 bits per heavy atom. The fourth-order valence-corrected chi connectivity index (χ4v) is 4.29. The van der Waals surface area contributed by atoms with Gasteiger partial charge < -0.3 is 9.30 Å². The maximum absolute atomic E-state index is 6.07. The fraction of sp³-hybridized carbons (Fsp3) is 0.227. The lowest BCUT2D eigenvalue weighted by molar-refractivity contribution is 0.288. The van der Waals surface area contributed by atoms with Crippen LogP contribution in [0.1, 0.15) is 24.2 Å². The van der Waals surface area contributed by atoms with Crippen molar-refractivity contribution >= 4 is 33.2 Å². The highest BCUT2D eigenvalue weighted by Crippen LogP contribution is 2.33. The van der Waals surface area contributed by atoms with Crippen LogP contribution in [0.4, 0.5) is 0 Å². The van der Waals surface area contributed by atoms with Crippen molar-refractivity contribution in [3.05, 3.63) is 75.6 Å². The Hall–Kier alpha value is -2.24. The highest BCUT2D eigenvalue weighted by molar-refractivity contribution is 9.10. The Labute approximate surface area is 176 Å². The smallest absolute Gasteiger partial charge is 0.169 e. The van der Waals surface area contributed by atoms with Gasteiger partial charge in [0.1, 0.15) is 18.0 Å². The molecule has 5 rings (SSSR count).